The number of benzene rings is 2. The fourth-order valence-electron chi connectivity index (χ4n) is 2.98. The van der Waals surface area contributed by atoms with Gasteiger partial charge in [0.05, 0.1) is 0 Å². The number of likely N-dealkylation sites (N-methyl/N-ethyl adjacent to an activating group) is 1. The van der Waals surface area contributed by atoms with Crippen LogP contribution < -0.4 is 10.1 Å². The quantitative estimate of drug-likeness (QED) is 0.902. The zero-order chi connectivity index (χ0) is 13.1. The molecule has 0 heterocycles. The molecule has 1 aliphatic rings. The molecule has 1 N–H and O–H groups in total. The molecule has 2 nitrogen and oxygen atoms in total. The number of fused-ring (bicyclic) bond motifs is 1. The van der Waals surface area contributed by atoms with Gasteiger partial charge in [0.1, 0.15) is 11.9 Å². The minimum Gasteiger partial charge on any atom is -0.489 e. The van der Waals surface area contributed by atoms with Gasteiger partial charge in [-0.15, -0.1) is 0 Å². The Morgan fingerprint density at radius 1 is 1.00 bits per heavy atom. The Balaban J connectivity index is 1.80. The monoisotopic (exact) mass is 255 g/mol. The molecule has 0 bridgehead atoms. The molecule has 2 aromatic rings. The second-order valence-electron chi connectivity index (χ2n) is 5.34. The van der Waals surface area contributed by atoms with E-state index >= 15 is 0 Å². The molecular formula is C17H21NO. The van der Waals surface area contributed by atoms with E-state index in [-0.39, 0.29) is 0 Å². The maximum atomic E-state index is 6.20. The highest BCUT2D eigenvalue weighted by Crippen LogP contribution is 2.26. The minimum absolute atomic E-state index is 0.305. The van der Waals surface area contributed by atoms with E-state index in [0.717, 1.165) is 12.2 Å². The SMILES string of the molecule is CNC1CCCCC1Oc1ccc2ccccc2c1. The lowest BCUT2D eigenvalue weighted by Gasteiger charge is -2.31. The third kappa shape index (κ3) is 2.74. The maximum absolute atomic E-state index is 6.20. The molecular weight excluding hydrogens is 234 g/mol. The Kier molecular flexibility index (Phi) is 3.69. The zero-order valence-corrected chi connectivity index (χ0v) is 11.4. The smallest absolute Gasteiger partial charge is 0.120 e. The van der Waals surface area contributed by atoms with Crippen LogP contribution in [0, 0.1) is 0 Å². The predicted octanol–water partition coefficient (Wildman–Crippen LogP) is 3.75. The number of hydrogen-bond donors (Lipinski definition) is 1. The number of ether oxygens (including phenoxy) is 1. The van der Waals surface area contributed by atoms with Crippen LogP contribution in [0.1, 0.15) is 25.7 Å². The van der Waals surface area contributed by atoms with Crippen LogP contribution in [0.25, 0.3) is 10.8 Å². The van der Waals surface area contributed by atoms with E-state index in [4.69, 9.17) is 4.74 Å². The van der Waals surface area contributed by atoms with Crippen LogP contribution in [-0.4, -0.2) is 19.2 Å². The van der Waals surface area contributed by atoms with Gasteiger partial charge in [0.25, 0.3) is 0 Å². The van der Waals surface area contributed by atoms with Crippen molar-refractivity contribution in [2.75, 3.05) is 7.05 Å². The van der Waals surface area contributed by atoms with Gasteiger partial charge in [0.2, 0.25) is 0 Å². The molecule has 2 unspecified atom stereocenters. The predicted molar refractivity (Wildman–Crippen MR) is 79.7 cm³/mol. The third-order valence-corrected chi connectivity index (χ3v) is 4.08. The van der Waals surface area contributed by atoms with E-state index in [1.165, 1.54) is 30.0 Å². The van der Waals surface area contributed by atoms with Crippen LogP contribution in [0.2, 0.25) is 0 Å². The van der Waals surface area contributed by atoms with E-state index in [9.17, 15) is 0 Å². The van der Waals surface area contributed by atoms with Crippen molar-refractivity contribution >= 4 is 10.8 Å². The fourth-order valence-corrected chi connectivity index (χ4v) is 2.98. The maximum Gasteiger partial charge on any atom is 0.120 e. The van der Waals surface area contributed by atoms with E-state index < -0.39 is 0 Å². The van der Waals surface area contributed by atoms with Crippen molar-refractivity contribution in [3.8, 4) is 5.75 Å². The molecule has 0 aromatic heterocycles. The minimum atomic E-state index is 0.305. The number of hydrogen-bond acceptors (Lipinski definition) is 2. The highest BCUT2D eigenvalue weighted by atomic mass is 16.5. The summed E-state index contributed by atoms with van der Waals surface area (Å²) in [5, 5.41) is 5.90. The highest BCUT2D eigenvalue weighted by Gasteiger charge is 2.25. The second-order valence-corrected chi connectivity index (χ2v) is 5.34. The van der Waals surface area contributed by atoms with Crippen LogP contribution in [0.5, 0.6) is 5.75 Å². The second kappa shape index (κ2) is 5.62. The van der Waals surface area contributed by atoms with Crippen LogP contribution in [0.3, 0.4) is 0 Å². The van der Waals surface area contributed by atoms with Crippen molar-refractivity contribution in [1.29, 1.82) is 0 Å². The summed E-state index contributed by atoms with van der Waals surface area (Å²) in [6.07, 6.45) is 5.26. The fraction of sp³-hybridized carbons (Fsp3) is 0.412. The molecule has 0 saturated heterocycles. The van der Waals surface area contributed by atoms with Crippen molar-refractivity contribution in [2.45, 2.75) is 37.8 Å². The van der Waals surface area contributed by atoms with E-state index in [1.54, 1.807) is 0 Å². The molecule has 0 aliphatic heterocycles. The largest absolute Gasteiger partial charge is 0.489 e. The van der Waals surface area contributed by atoms with Gasteiger partial charge >= 0.3 is 0 Å². The van der Waals surface area contributed by atoms with Gasteiger partial charge < -0.3 is 10.1 Å². The lowest BCUT2D eigenvalue weighted by Crippen LogP contribution is -2.43. The van der Waals surface area contributed by atoms with Gasteiger partial charge in [0.15, 0.2) is 0 Å². The van der Waals surface area contributed by atoms with E-state index in [0.29, 0.717) is 12.1 Å². The van der Waals surface area contributed by atoms with Crippen molar-refractivity contribution < 1.29 is 4.74 Å². The van der Waals surface area contributed by atoms with Crippen LogP contribution in [0.4, 0.5) is 0 Å². The first-order valence-corrected chi connectivity index (χ1v) is 7.19. The molecule has 1 fully saturated rings. The molecule has 1 saturated carbocycles. The standard InChI is InChI=1S/C17H21NO/c1-18-16-8-4-5-9-17(16)19-15-11-10-13-6-2-3-7-14(13)12-15/h2-3,6-7,10-12,16-18H,4-5,8-9H2,1H3. The summed E-state index contributed by atoms with van der Waals surface area (Å²) in [7, 11) is 2.03. The highest BCUT2D eigenvalue weighted by molar-refractivity contribution is 5.83. The van der Waals surface area contributed by atoms with Crippen molar-refractivity contribution in [3.63, 3.8) is 0 Å². The Hall–Kier alpha value is -1.54. The van der Waals surface area contributed by atoms with Crippen LogP contribution in [0.15, 0.2) is 42.5 Å². The van der Waals surface area contributed by atoms with Crippen molar-refractivity contribution in [1.82, 2.24) is 5.32 Å². The Morgan fingerprint density at radius 3 is 2.63 bits per heavy atom. The topological polar surface area (TPSA) is 21.3 Å². The molecule has 0 amide bonds. The summed E-state index contributed by atoms with van der Waals surface area (Å²) in [6.45, 7) is 0. The van der Waals surface area contributed by atoms with Gasteiger partial charge in [-0.25, -0.2) is 0 Å². The number of rotatable bonds is 3. The Labute approximate surface area is 114 Å². The van der Waals surface area contributed by atoms with Crippen molar-refractivity contribution in [3.05, 3.63) is 42.5 Å². The van der Waals surface area contributed by atoms with Crippen molar-refractivity contribution in [2.24, 2.45) is 0 Å². The zero-order valence-electron chi connectivity index (χ0n) is 11.4. The molecule has 0 radical (unpaired) electrons. The molecule has 2 atom stereocenters. The van der Waals surface area contributed by atoms with Crippen LogP contribution >= 0.6 is 0 Å². The molecule has 19 heavy (non-hydrogen) atoms. The lowest BCUT2D eigenvalue weighted by molar-refractivity contribution is 0.118. The first-order valence-electron chi connectivity index (χ1n) is 7.19. The van der Waals surface area contributed by atoms with E-state index in [2.05, 4.69) is 47.8 Å². The first kappa shape index (κ1) is 12.5. The normalized spacial score (nSPS) is 23.4. The summed E-state index contributed by atoms with van der Waals surface area (Å²) in [5.41, 5.74) is 0. The van der Waals surface area contributed by atoms with Gasteiger partial charge in [0, 0.05) is 6.04 Å². The summed E-state index contributed by atoms with van der Waals surface area (Å²) in [4.78, 5) is 0. The Morgan fingerprint density at radius 2 is 1.79 bits per heavy atom. The summed E-state index contributed by atoms with van der Waals surface area (Å²) in [5.74, 6) is 0.992. The van der Waals surface area contributed by atoms with Gasteiger partial charge in [-0.2, -0.15) is 0 Å². The molecule has 0 spiro atoms. The van der Waals surface area contributed by atoms with Gasteiger partial charge in [-0.3, -0.25) is 0 Å². The molecule has 1 aliphatic carbocycles. The first-order chi connectivity index (χ1) is 9.36. The van der Waals surface area contributed by atoms with Gasteiger partial charge in [-0.1, -0.05) is 36.8 Å². The average molecular weight is 255 g/mol. The lowest BCUT2D eigenvalue weighted by atomic mass is 9.92. The molecule has 100 valence electrons. The third-order valence-electron chi connectivity index (χ3n) is 4.08. The summed E-state index contributed by atoms with van der Waals surface area (Å²) < 4.78 is 6.20. The van der Waals surface area contributed by atoms with Crippen LogP contribution in [-0.2, 0) is 0 Å². The van der Waals surface area contributed by atoms with Gasteiger partial charge in [-0.05, 0) is 49.2 Å². The molecule has 2 heteroatoms. The average Bonchev–Trinajstić information content (AvgIpc) is 2.48. The summed E-state index contributed by atoms with van der Waals surface area (Å²) >= 11 is 0. The molecule has 2 aromatic carbocycles. The number of nitrogens with one attached hydrogen (secondary N) is 1. The van der Waals surface area contributed by atoms with E-state index in [1.807, 2.05) is 7.05 Å². The Bertz CT molecular complexity index is 552. The summed E-state index contributed by atoms with van der Waals surface area (Å²) in [6, 6.07) is 15.3. The molecule has 3 rings (SSSR count).